The highest BCUT2D eigenvalue weighted by molar-refractivity contribution is 8.02. The number of thioether (sulfide) groups is 1. The molecule has 0 bridgehead atoms. The molecule has 3 heteroatoms. The molecule has 29 heavy (non-hydrogen) atoms. The van der Waals surface area contributed by atoms with Crippen molar-refractivity contribution in [2.24, 2.45) is 22.7 Å². The molecule has 8 atom stereocenters. The Labute approximate surface area is 182 Å². The van der Waals surface area contributed by atoms with E-state index in [2.05, 4.69) is 25.6 Å². The normalized spacial score (nSPS) is 56.9. The Morgan fingerprint density at radius 1 is 0.621 bits per heavy atom. The summed E-state index contributed by atoms with van der Waals surface area (Å²) in [4.78, 5) is 0. The van der Waals surface area contributed by atoms with Crippen molar-refractivity contribution in [1.82, 2.24) is 0 Å². The third kappa shape index (κ3) is 2.39. The third-order valence-corrected chi connectivity index (χ3v) is 13.3. The zero-order valence-electron chi connectivity index (χ0n) is 18.8. The predicted molar refractivity (Wildman–Crippen MR) is 120 cm³/mol. The lowest BCUT2D eigenvalue weighted by Crippen LogP contribution is -2.73. The van der Waals surface area contributed by atoms with E-state index in [4.69, 9.17) is 9.47 Å². The highest BCUT2D eigenvalue weighted by Gasteiger charge is 2.75. The highest BCUT2D eigenvalue weighted by Crippen LogP contribution is 2.79. The van der Waals surface area contributed by atoms with Crippen molar-refractivity contribution in [2.45, 2.75) is 125 Å². The van der Waals surface area contributed by atoms with Gasteiger partial charge in [0.2, 0.25) is 0 Å². The van der Waals surface area contributed by atoms with Crippen molar-refractivity contribution in [3.63, 3.8) is 0 Å². The molecule has 4 aliphatic carbocycles. The molecule has 0 aromatic rings. The van der Waals surface area contributed by atoms with Crippen LogP contribution < -0.4 is 0 Å². The second kappa shape index (κ2) is 6.88. The first-order valence-corrected chi connectivity index (χ1v) is 13.8. The van der Waals surface area contributed by atoms with E-state index in [1.54, 1.807) is 0 Å². The Hall–Kier alpha value is 0.270. The van der Waals surface area contributed by atoms with Gasteiger partial charge in [0, 0.05) is 33.5 Å². The van der Waals surface area contributed by atoms with Crippen LogP contribution in [-0.2, 0) is 9.47 Å². The standard InChI is InChI=1S/C26H42O2S/c1-19-17-23(11-3-5-13-25(19,23)21-9-7-15-27-21)29-24-12-4-6-14-26(24,20(2)18-24)22-10-8-16-28-22/h19-22H,3-18H2,1-2H3. The summed E-state index contributed by atoms with van der Waals surface area (Å²) in [5.74, 6) is 1.71. The number of rotatable bonds is 4. The Morgan fingerprint density at radius 3 is 1.45 bits per heavy atom. The molecule has 0 radical (unpaired) electrons. The second-order valence-electron chi connectivity index (χ2n) is 11.8. The summed E-state index contributed by atoms with van der Waals surface area (Å²) in [6.45, 7) is 7.17. The summed E-state index contributed by atoms with van der Waals surface area (Å²) in [5.41, 5.74) is 0.944. The lowest BCUT2D eigenvalue weighted by atomic mass is 9.44. The van der Waals surface area contributed by atoms with E-state index < -0.39 is 0 Å². The largest absolute Gasteiger partial charge is 0.378 e. The van der Waals surface area contributed by atoms with Gasteiger partial charge in [-0.1, -0.05) is 39.5 Å². The molecule has 6 fully saturated rings. The number of hydrogen-bond acceptors (Lipinski definition) is 3. The van der Waals surface area contributed by atoms with Gasteiger partial charge >= 0.3 is 0 Å². The SMILES string of the molecule is CC1CC2(SC34CCCCC3(C3CCCO3)C(C)C4)CCCCC12C1CCCO1. The quantitative estimate of drug-likeness (QED) is 0.503. The summed E-state index contributed by atoms with van der Waals surface area (Å²) in [5, 5.41) is 0. The van der Waals surface area contributed by atoms with Crippen LogP contribution >= 0.6 is 11.8 Å². The van der Waals surface area contributed by atoms with Crippen LogP contribution in [0.1, 0.15) is 104 Å². The lowest BCUT2D eigenvalue weighted by molar-refractivity contribution is -0.158. The first-order chi connectivity index (χ1) is 14.1. The molecule has 0 aromatic heterocycles. The van der Waals surface area contributed by atoms with Crippen molar-refractivity contribution < 1.29 is 9.47 Å². The average Bonchev–Trinajstić information content (AvgIpc) is 3.41. The van der Waals surface area contributed by atoms with Crippen molar-refractivity contribution in [2.75, 3.05) is 13.2 Å². The van der Waals surface area contributed by atoms with Crippen LogP contribution in [-0.4, -0.2) is 34.9 Å². The van der Waals surface area contributed by atoms with Gasteiger partial charge in [-0.3, -0.25) is 0 Å². The van der Waals surface area contributed by atoms with Crippen LogP contribution in [0.15, 0.2) is 0 Å². The third-order valence-electron chi connectivity index (χ3n) is 11.0. The van der Waals surface area contributed by atoms with Gasteiger partial charge in [0.05, 0.1) is 12.2 Å². The van der Waals surface area contributed by atoms with E-state index in [0.29, 0.717) is 32.5 Å². The van der Waals surface area contributed by atoms with Crippen LogP contribution in [0.4, 0.5) is 0 Å². The Balaban J connectivity index is 1.37. The molecular weight excluding hydrogens is 376 g/mol. The van der Waals surface area contributed by atoms with Gasteiger partial charge in [0.15, 0.2) is 0 Å². The maximum atomic E-state index is 6.49. The van der Waals surface area contributed by atoms with Gasteiger partial charge < -0.3 is 9.47 Å². The molecule has 6 rings (SSSR count). The monoisotopic (exact) mass is 418 g/mol. The molecular formula is C26H42O2S. The number of fused-ring (bicyclic) bond motifs is 2. The minimum atomic E-state index is 0.472. The zero-order chi connectivity index (χ0) is 19.7. The number of ether oxygens (including phenoxy) is 2. The molecule has 0 aromatic carbocycles. The molecule has 4 saturated carbocycles. The summed E-state index contributed by atoms with van der Waals surface area (Å²) in [7, 11) is 0. The van der Waals surface area contributed by atoms with Crippen LogP contribution in [0.3, 0.4) is 0 Å². The summed E-state index contributed by atoms with van der Waals surface area (Å²) in [6, 6.07) is 0. The second-order valence-corrected chi connectivity index (χ2v) is 13.6. The van der Waals surface area contributed by atoms with Crippen LogP contribution in [0, 0.1) is 22.7 Å². The topological polar surface area (TPSA) is 18.5 Å². The van der Waals surface area contributed by atoms with Gasteiger partial charge in [-0.05, 0) is 76.0 Å². The predicted octanol–water partition coefficient (Wildman–Crippen LogP) is 6.76. The molecule has 0 amide bonds. The van der Waals surface area contributed by atoms with Crippen molar-refractivity contribution in [1.29, 1.82) is 0 Å². The maximum Gasteiger partial charge on any atom is 0.0648 e. The lowest BCUT2D eigenvalue weighted by Gasteiger charge is -2.75. The van der Waals surface area contributed by atoms with Crippen molar-refractivity contribution >= 4 is 11.8 Å². The first kappa shape index (κ1) is 19.9. The molecule has 6 aliphatic rings. The van der Waals surface area contributed by atoms with E-state index in [0.717, 1.165) is 25.0 Å². The van der Waals surface area contributed by atoms with Gasteiger partial charge in [-0.25, -0.2) is 0 Å². The first-order valence-electron chi connectivity index (χ1n) is 13.0. The molecule has 8 unspecified atom stereocenters. The van der Waals surface area contributed by atoms with E-state index in [9.17, 15) is 0 Å². The molecule has 164 valence electrons. The average molecular weight is 419 g/mol. The molecule has 0 N–H and O–H groups in total. The Kier molecular flexibility index (Phi) is 4.73. The molecule has 2 saturated heterocycles. The van der Waals surface area contributed by atoms with Crippen LogP contribution in [0.5, 0.6) is 0 Å². The summed E-state index contributed by atoms with van der Waals surface area (Å²) in [6.07, 6.45) is 20.8. The number of hydrogen-bond donors (Lipinski definition) is 0. The van der Waals surface area contributed by atoms with Gasteiger partial charge in [0.1, 0.15) is 0 Å². The Bertz CT molecular complexity index is 579. The van der Waals surface area contributed by atoms with Crippen LogP contribution in [0.25, 0.3) is 0 Å². The van der Waals surface area contributed by atoms with Gasteiger partial charge in [-0.15, -0.1) is 11.8 Å². The molecule has 2 heterocycles. The van der Waals surface area contributed by atoms with E-state index in [1.807, 2.05) is 0 Å². The fourth-order valence-electron chi connectivity index (χ4n) is 9.90. The molecule has 0 spiro atoms. The van der Waals surface area contributed by atoms with Gasteiger partial charge in [0.25, 0.3) is 0 Å². The summed E-state index contributed by atoms with van der Waals surface area (Å²) >= 11 is 2.55. The molecule has 2 nitrogen and oxygen atoms in total. The zero-order valence-corrected chi connectivity index (χ0v) is 19.7. The minimum Gasteiger partial charge on any atom is -0.378 e. The Morgan fingerprint density at radius 2 is 1.07 bits per heavy atom. The fraction of sp³-hybridized carbons (Fsp3) is 1.00. The van der Waals surface area contributed by atoms with E-state index in [1.165, 1.54) is 89.9 Å². The van der Waals surface area contributed by atoms with Gasteiger partial charge in [-0.2, -0.15) is 0 Å². The van der Waals surface area contributed by atoms with Crippen LogP contribution in [0.2, 0.25) is 0 Å². The fourth-order valence-corrected chi connectivity index (χ4v) is 13.1. The summed E-state index contributed by atoms with van der Waals surface area (Å²) < 4.78 is 14.0. The molecule has 2 aliphatic heterocycles. The van der Waals surface area contributed by atoms with Crippen molar-refractivity contribution in [3.8, 4) is 0 Å². The maximum absolute atomic E-state index is 6.49. The highest BCUT2D eigenvalue weighted by atomic mass is 32.2. The van der Waals surface area contributed by atoms with Crippen molar-refractivity contribution in [3.05, 3.63) is 0 Å². The smallest absolute Gasteiger partial charge is 0.0648 e. The minimum absolute atomic E-state index is 0.472. The van der Waals surface area contributed by atoms with E-state index in [-0.39, 0.29) is 0 Å². The van der Waals surface area contributed by atoms with E-state index >= 15 is 0 Å².